The number of amides is 1. The van der Waals surface area contributed by atoms with E-state index in [-0.39, 0.29) is 17.1 Å². The molecule has 0 spiro atoms. The highest BCUT2D eigenvalue weighted by atomic mass is 31.1. The first kappa shape index (κ1) is 23.2. The Morgan fingerprint density at radius 3 is 2.00 bits per heavy atom. The van der Waals surface area contributed by atoms with Crippen LogP contribution in [0.4, 0.5) is 0 Å². The van der Waals surface area contributed by atoms with Gasteiger partial charge in [0.15, 0.2) is 5.78 Å². The van der Waals surface area contributed by atoms with Crippen LogP contribution in [0.5, 0.6) is 0 Å². The molecule has 1 amide bonds. The standard InChI is InChI=1S/C20H37N4O2PSi/c1-12(2)28(13(3)4,14(5)6)26-17(20(9,10)11)19-22-21-18-15(7)23-24(16(8)25)27(18)19/h12-14,18H,1-11H3/b19-17+/t18-,27?/m1/s1. The summed E-state index contributed by atoms with van der Waals surface area (Å²) in [5.41, 5.74) is 2.82. The van der Waals surface area contributed by atoms with E-state index in [4.69, 9.17) is 4.43 Å². The zero-order valence-corrected chi connectivity index (χ0v) is 21.3. The van der Waals surface area contributed by atoms with Gasteiger partial charge in [-0.15, -0.1) is 5.11 Å². The topological polar surface area (TPSA) is 66.6 Å². The van der Waals surface area contributed by atoms with Crippen LogP contribution >= 0.6 is 8.07 Å². The summed E-state index contributed by atoms with van der Waals surface area (Å²) < 4.78 is 8.73. The van der Waals surface area contributed by atoms with Crippen molar-refractivity contribution in [1.29, 1.82) is 0 Å². The van der Waals surface area contributed by atoms with Crippen LogP contribution in [0.25, 0.3) is 0 Å². The van der Waals surface area contributed by atoms with Gasteiger partial charge < -0.3 is 4.43 Å². The fourth-order valence-electron chi connectivity index (χ4n) is 4.46. The van der Waals surface area contributed by atoms with Crippen molar-refractivity contribution in [3.63, 3.8) is 0 Å². The van der Waals surface area contributed by atoms with Crippen molar-refractivity contribution in [3.8, 4) is 0 Å². The zero-order chi connectivity index (χ0) is 21.6. The number of hydrogen-bond acceptors (Lipinski definition) is 5. The van der Waals surface area contributed by atoms with Crippen molar-refractivity contribution in [1.82, 2.24) is 4.78 Å². The molecule has 2 aliphatic heterocycles. The molecule has 0 radical (unpaired) electrons. The van der Waals surface area contributed by atoms with Crippen molar-refractivity contribution in [2.45, 2.75) is 98.6 Å². The Kier molecular flexibility index (Phi) is 6.62. The molecule has 28 heavy (non-hydrogen) atoms. The van der Waals surface area contributed by atoms with Crippen LogP contribution in [0.3, 0.4) is 0 Å². The average molecular weight is 425 g/mol. The van der Waals surface area contributed by atoms with Crippen LogP contribution in [0, 0.1) is 5.41 Å². The summed E-state index contributed by atoms with van der Waals surface area (Å²) in [6.45, 7) is 23.7. The van der Waals surface area contributed by atoms with Gasteiger partial charge in [-0.25, -0.2) is 4.78 Å². The lowest BCUT2D eigenvalue weighted by molar-refractivity contribution is -0.124. The Bertz CT molecular complexity index is 700. The molecule has 0 saturated heterocycles. The molecule has 0 aliphatic carbocycles. The lowest BCUT2D eigenvalue weighted by Gasteiger charge is -2.45. The normalized spacial score (nSPS) is 24.4. The molecule has 1 unspecified atom stereocenters. The number of hydrazone groups is 1. The second-order valence-electron chi connectivity index (χ2n) is 9.81. The Balaban J connectivity index is 2.65. The molecule has 8 heteroatoms. The molecule has 0 bridgehead atoms. The molecular weight excluding hydrogens is 387 g/mol. The number of nitrogens with zero attached hydrogens (tertiary/aromatic N) is 4. The highest BCUT2D eigenvalue weighted by molar-refractivity contribution is 7.62. The maximum atomic E-state index is 12.3. The summed E-state index contributed by atoms with van der Waals surface area (Å²) in [6, 6.07) is 0. The Morgan fingerprint density at radius 2 is 1.61 bits per heavy atom. The van der Waals surface area contributed by atoms with Gasteiger partial charge in [0, 0.05) is 12.3 Å². The summed E-state index contributed by atoms with van der Waals surface area (Å²) in [4.78, 5) is 12.3. The number of allylic oxidation sites excluding steroid dienone is 1. The molecule has 2 aliphatic rings. The predicted octanol–water partition coefficient (Wildman–Crippen LogP) is 6.82. The van der Waals surface area contributed by atoms with E-state index in [2.05, 4.69) is 77.6 Å². The molecular formula is C20H37N4O2PSi. The quantitative estimate of drug-likeness (QED) is 0.276. The molecule has 0 N–H and O–H groups in total. The molecule has 0 saturated carbocycles. The summed E-state index contributed by atoms with van der Waals surface area (Å²) in [6.07, 6.45) is 0. The maximum Gasteiger partial charge on any atom is 0.258 e. The number of hydrogen-bond donors (Lipinski definition) is 0. The van der Waals surface area contributed by atoms with Crippen LogP contribution in [-0.4, -0.2) is 30.5 Å². The number of rotatable bonds is 5. The van der Waals surface area contributed by atoms with Gasteiger partial charge in [-0.05, 0) is 23.5 Å². The number of carbonyl (C=O) groups is 1. The molecule has 2 heterocycles. The molecule has 0 aromatic heterocycles. The van der Waals surface area contributed by atoms with E-state index < -0.39 is 16.4 Å². The van der Waals surface area contributed by atoms with E-state index in [9.17, 15) is 4.79 Å². The number of fused-ring (bicyclic) bond motifs is 1. The van der Waals surface area contributed by atoms with Crippen molar-refractivity contribution in [2.24, 2.45) is 20.7 Å². The van der Waals surface area contributed by atoms with E-state index in [0.29, 0.717) is 16.6 Å². The van der Waals surface area contributed by atoms with Crippen LogP contribution < -0.4 is 0 Å². The highest BCUT2D eigenvalue weighted by Crippen LogP contribution is 2.64. The molecule has 0 aromatic carbocycles. The highest BCUT2D eigenvalue weighted by Gasteiger charge is 2.52. The van der Waals surface area contributed by atoms with Gasteiger partial charge in [0.2, 0.25) is 5.91 Å². The van der Waals surface area contributed by atoms with Gasteiger partial charge in [-0.3, -0.25) is 4.79 Å². The first-order valence-electron chi connectivity index (χ1n) is 10.2. The summed E-state index contributed by atoms with van der Waals surface area (Å²) in [5, 5.41) is 13.6. The number of carbonyl (C=O) groups excluding carboxylic acids is 1. The van der Waals surface area contributed by atoms with E-state index in [1.165, 1.54) is 0 Å². The third-order valence-corrected chi connectivity index (χ3v) is 14.1. The zero-order valence-electron chi connectivity index (χ0n) is 19.4. The van der Waals surface area contributed by atoms with Crippen molar-refractivity contribution < 1.29 is 9.22 Å². The molecule has 0 fully saturated rings. The lowest BCUT2D eigenvalue weighted by Crippen LogP contribution is -2.48. The summed E-state index contributed by atoms with van der Waals surface area (Å²) in [5.74, 6) is 0.706. The Labute approximate surface area is 172 Å². The van der Waals surface area contributed by atoms with E-state index in [1.54, 1.807) is 11.7 Å². The molecule has 0 aromatic rings. The van der Waals surface area contributed by atoms with E-state index in [1.807, 2.05) is 6.92 Å². The van der Waals surface area contributed by atoms with E-state index in [0.717, 1.165) is 16.9 Å². The summed E-state index contributed by atoms with van der Waals surface area (Å²) >= 11 is 0. The lowest BCUT2D eigenvalue weighted by atomic mass is 9.94. The third-order valence-electron chi connectivity index (χ3n) is 5.69. The second kappa shape index (κ2) is 7.98. The predicted molar refractivity (Wildman–Crippen MR) is 120 cm³/mol. The molecule has 2 atom stereocenters. The van der Waals surface area contributed by atoms with Gasteiger partial charge in [-0.2, -0.15) is 10.2 Å². The van der Waals surface area contributed by atoms with Crippen molar-refractivity contribution in [2.75, 3.05) is 0 Å². The van der Waals surface area contributed by atoms with Gasteiger partial charge in [-0.1, -0.05) is 62.3 Å². The average Bonchev–Trinajstić information content (AvgIpc) is 3.07. The van der Waals surface area contributed by atoms with Crippen LogP contribution in [-0.2, 0) is 9.22 Å². The summed E-state index contributed by atoms with van der Waals surface area (Å²) in [7, 11) is -3.26. The molecule has 6 nitrogen and oxygen atoms in total. The fraction of sp³-hybridized carbons (Fsp3) is 0.800. The minimum Gasteiger partial charge on any atom is -0.544 e. The van der Waals surface area contributed by atoms with Crippen LogP contribution in [0.15, 0.2) is 26.5 Å². The van der Waals surface area contributed by atoms with Gasteiger partial charge in [0.05, 0.1) is 5.71 Å². The van der Waals surface area contributed by atoms with Gasteiger partial charge in [0.25, 0.3) is 8.32 Å². The van der Waals surface area contributed by atoms with Crippen molar-refractivity contribution in [3.05, 3.63) is 11.2 Å². The molecule has 158 valence electrons. The minimum absolute atomic E-state index is 0.0638. The first-order chi connectivity index (χ1) is 12.7. The first-order valence-corrected chi connectivity index (χ1v) is 13.7. The van der Waals surface area contributed by atoms with E-state index >= 15 is 0 Å². The minimum atomic E-state index is -2.17. The molecule has 2 rings (SSSR count). The number of azo groups is 1. The second-order valence-corrected chi connectivity index (χ2v) is 17.2. The smallest absolute Gasteiger partial charge is 0.258 e. The Hall–Kier alpha value is -1.07. The Morgan fingerprint density at radius 1 is 1.11 bits per heavy atom. The van der Waals surface area contributed by atoms with Crippen molar-refractivity contribution >= 4 is 28.0 Å². The SMILES string of the molecule is CC(=O)N1N=C(C)[C@@H]2N=N/C(=C(\O[Si](C(C)C)(C(C)C)C(C)C)C(C)(C)C)P21. The monoisotopic (exact) mass is 424 g/mol. The fourth-order valence-corrected chi connectivity index (χ4v) is 12.5. The van der Waals surface area contributed by atoms with Gasteiger partial charge >= 0.3 is 0 Å². The largest absolute Gasteiger partial charge is 0.544 e. The van der Waals surface area contributed by atoms with Gasteiger partial charge in [0.1, 0.15) is 19.3 Å². The van der Waals surface area contributed by atoms with Crippen LogP contribution in [0.2, 0.25) is 16.6 Å². The third kappa shape index (κ3) is 3.84. The van der Waals surface area contributed by atoms with Crippen LogP contribution in [0.1, 0.15) is 76.2 Å². The maximum absolute atomic E-state index is 12.3.